The molecule has 4 amide bonds. The molecule has 0 aromatic carbocycles. The van der Waals surface area contributed by atoms with Crippen LogP contribution in [-0.4, -0.2) is 63.5 Å². The number of H-pyrrole nitrogens is 1. The van der Waals surface area contributed by atoms with Crippen LogP contribution in [0.4, 0.5) is 0 Å². The summed E-state index contributed by atoms with van der Waals surface area (Å²) < 4.78 is 0. The Morgan fingerprint density at radius 3 is 2.22 bits per heavy atom. The van der Waals surface area contributed by atoms with Crippen molar-refractivity contribution < 1.29 is 24.4 Å². The van der Waals surface area contributed by atoms with E-state index in [0.717, 1.165) is 0 Å². The Hall–Kier alpha value is -2.99. The molecule has 1 rings (SSSR count). The average molecular weight is 454 g/mol. The molecular weight excluding hydrogens is 418 g/mol. The summed E-state index contributed by atoms with van der Waals surface area (Å²) in [7, 11) is 0. The third kappa shape index (κ3) is 9.88. The van der Waals surface area contributed by atoms with Crippen molar-refractivity contribution in [2.75, 3.05) is 6.54 Å². The third-order valence-electron chi connectivity index (χ3n) is 4.70. The second-order valence-corrected chi connectivity index (χ2v) is 8.05. The number of unbranched alkanes of at least 4 members (excludes halogenated alkanes) is 1. The van der Waals surface area contributed by atoms with Crippen molar-refractivity contribution >= 4 is 23.6 Å². The number of nitrogens with one attached hydrogen (secondary N) is 5. The predicted octanol–water partition coefficient (Wildman–Crippen LogP) is -0.893. The number of amides is 4. The van der Waals surface area contributed by atoms with Gasteiger partial charge < -0.3 is 26.7 Å². The van der Waals surface area contributed by atoms with Crippen molar-refractivity contribution in [2.24, 2.45) is 11.7 Å². The SMILES string of the molecule is CC(=O)N[C@@H](CCCCN)C(=O)N[C@@H](CC(C)C)C(=O)N[C@@H](Cc1cnc[nH]1)C(=O)NO. The molecule has 0 spiro atoms. The maximum Gasteiger partial charge on any atom is 0.266 e. The Bertz CT molecular complexity index is 739. The van der Waals surface area contributed by atoms with Crippen LogP contribution in [0.1, 0.15) is 52.1 Å². The molecule has 0 radical (unpaired) electrons. The molecule has 0 fully saturated rings. The number of hydrogen-bond acceptors (Lipinski definition) is 7. The van der Waals surface area contributed by atoms with Gasteiger partial charge in [-0.2, -0.15) is 0 Å². The quantitative estimate of drug-likeness (QED) is 0.108. The summed E-state index contributed by atoms with van der Waals surface area (Å²) in [6.07, 6.45) is 5.02. The standard InChI is InChI=1S/C20H35N7O5/c1-12(2)8-16(25-18(29)15(24-13(3)28)6-4-5-7-21)19(30)26-17(20(31)27-32)9-14-10-22-11-23-14/h10-12,15-17,32H,4-9,21H2,1-3H3,(H,22,23)(H,24,28)(H,25,29)(H,26,30)(H,27,31)/t15-,16-,17-/m0/s1. The highest BCUT2D eigenvalue weighted by molar-refractivity contribution is 5.94. The van der Waals surface area contributed by atoms with Gasteiger partial charge in [-0.15, -0.1) is 0 Å². The lowest BCUT2D eigenvalue weighted by atomic mass is 10.0. The lowest BCUT2D eigenvalue weighted by molar-refractivity contribution is -0.136. The van der Waals surface area contributed by atoms with Gasteiger partial charge in [0.05, 0.1) is 6.33 Å². The van der Waals surface area contributed by atoms with E-state index < -0.39 is 35.8 Å². The van der Waals surface area contributed by atoms with Crippen molar-refractivity contribution in [3.63, 3.8) is 0 Å². The molecule has 1 aromatic rings. The summed E-state index contributed by atoms with van der Waals surface area (Å²) in [4.78, 5) is 56.1. The minimum Gasteiger partial charge on any atom is -0.348 e. The molecule has 12 heteroatoms. The molecule has 0 unspecified atom stereocenters. The fourth-order valence-corrected chi connectivity index (χ4v) is 3.16. The fraction of sp³-hybridized carbons (Fsp3) is 0.650. The second-order valence-electron chi connectivity index (χ2n) is 8.05. The van der Waals surface area contributed by atoms with Crippen LogP contribution >= 0.6 is 0 Å². The molecule has 0 aliphatic heterocycles. The number of nitrogens with zero attached hydrogens (tertiary/aromatic N) is 1. The Morgan fingerprint density at radius 2 is 1.69 bits per heavy atom. The van der Waals surface area contributed by atoms with Crippen LogP contribution in [0.25, 0.3) is 0 Å². The highest BCUT2D eigenvalue weighted by atomic mass is 16.5. The number of rotatable bonds is 14. The van der Waals surface area contributed by atoms with E-state index in [9.17, 15) is 19.2 Å². The topological polar surface area (TPSA) is 191 Å². The summed E-state index contributed by atoms with van der Waals surface area (Å²) in [6.45, 7) is 5.56. The molecule has 0 aliphatic carbocycles. The Kier molecular flexibility index (Phi) is 12.0. The van der Waals surface area contributed by atoms with E-state index in [4.69, 9.17) is 10.9 Å². The van der Waals surface area contributed by atoms with E-state index in [1.165, 1.54) is 24.9 Å². The fourth-order valence-electron chi connectivity index (χ4n) is 3.16. The van der Waals surface area contributed by atoms with Crippen LogP contribution in [0, 0.1) is 5.92 Å². The molecule has 0 saturated carbocycles. The van der Waals surface area contributed by atoms with E-state index in [0.29, 0.717) is 37.9 Å². The van der Waals surface area contributed by atoms with E-state index in [2.05, 4.69) is 25.9 Å². The summed E-state index contributed by atoms with van der Waals surface area (Å²) >= 11 is 0. The lowest BCUT2D eigenvalue weighted by Gasteiger charge is -2.25. The Labute approximate surface area is 187 Å². The van der Waals surface area contributed by atoms with Crippen molar-refractivity contribution in [2.45, 2.75) is 71.0 Å². The van der Waals surface area contributed by atoms with Gasteiger partial charge in [0, 0.05) is 25.2 Å². The number of hydrogen-bond donors (Lipinski definition) is 7. The first-order valence-electron chi connectivity index (χ1n) is 10.7. The molecule has 180 valence electrons. The number of carbonyl (C=O) groups excluding carboxylic acids is 4. The Morgan fingerprint density at radius 1 is 1.03 bits per heavy atom. The number of imidazole rings is 1. The van der Waals surface area contributed by atoms with E-state index in [-0.39, 0.29) is 18.2 Å². The van der Waals surface area contributed by atoms with Crippen molar-refractivity contribution in [3.8, 4) is 0 Å². The number of carbonyl (C=O) groups is 4. The van der Waals surface area contributed by atoms with Gasteiger partial charge in [0.2, 0.25) is 17.7 Å². The smallest absolute Gasteiger partial charge is 0.266 e. The molecule has 0 bridgehead atoms. The van der Waals surface area contributed by atoms with Gasteiger partial charge in [-0.25, -0.2) is 10.5 Å². The molecule has 1 aromatic heterocycles. The zero-order valence-corrected chi connectivity index (χ0v) is 18.8. The minimum absolute atomic E-state index is 0.0558. The number of nitrogens with two attached hydrogens (primary N) is 1. The van der Waals surface area contributed by atoms with E-state index in [1.54, 1.807) is 0 Å². The highest BCUT2D eigenvalue weighted by Gasteiger charge is 2.30. The van der Waals surface area contributed by atoms with Crippen molar-refractivity contribution in [3.05, 3.63) is 18.2 Å². The molecule has 32 heavy (non-hydrogen) atoms. The van der Waals surface area contributed by atoms with Crippen molar-refractivity contribution in [1.82, 2.24) is 31.4 Å². The number of hydroxylamine groups is 1. The maximum atomic E-state index is 13.0. The molecule has 3 atom stereocenters. The molecule has 12 nitrogen and oxygen atoms in total. The molecule has 8 N–H and O–H groups in total. The molecule has 1 heterocycles. The summed E-state index contributed by atoms with van der Waals surface area (Å²) in [5, 5.41) is 16.9. The summed E-state index contributed by atoms with van der Waals surface area (Å²) in [6, 6.07) is -2.83. The second kappa shape index (κ2) is 14.1. The van der Waals surface area contributed by atoms with Crippen LogP contribution in [0.5, 0.6) is 0 Å². The van der Waals surface area contributed by atoms with Gasteiger partial charge >= 0.3 is 0 Å². The Balaban J connectivity index is 2.92. The average Bonchev–Trinajstić information content (AvgIpc) is 3.24. The minimum atomic E-state index is -1.09. The predicted molar refractivity (Wildman–Crippen MR) is 116 cm³/mol. The summed E-state index contributed by atoms with van der Waals surface area (Å²) in [5.41, 5.74) is 7.62. The first-order chi connectivity index (χ1) is 15.2. The van der Waals surface area contributed by atoms with E-state index in [1.807, 2.05) is 13.8 Å². The van der Waals surface area contributed by atoms with Crippen LogP contribution in [0.2, 0.25) is 0 Å². The molecule has 0 aliphatic rings. The lowest BCUT2D eigenvalue weighted by Crippen LogP contribution is -2.57. The largest absolute Gasteiger partial charge is 0.348 e. The number of aromatic amines is 1. The highest BCUT2D eigenvalue weighted by Crippen LogP contribution is 2.09. The van der Waals surface area contributed by atoms with Gasteiger partial charge in [-0.1, -0.05) is 13.8 Å². The van der Waals surface area contributed by atoms with Gasteiger partial charge in [-0.3, -0.25) is 24.4 Å². The third-order valence-corrected chi connectivity index (χ3v) is 4.70. The van der Waals surface area contributed by atoms with Crippen LogP contribution in [0.15, 0.2) is 12.5 Å². The first kappa shape index (κ1) is 27.0. The van der Waals surface area contributed by atoms with Crippen LogP contribution in [-0.2, 0) is 25.6 Å². The van der Waals surface area contributed by atoms with Gasteiger partial charge in [-0.05, 0) is 38.1 Å². The monoisotopic (exact) mass is 453 g/mol. The first-order valence-corrected chi connectivity index (χ1v) is 10.7. The van der Waals surface area contributed by atoms with E-state index >= 15 is 0 Å². The van der Waals surface area contributed by atoms with Gasteiger partial charge in [0.1, 0.15) is 18.1 Å². The molecular formula is C20H35N7O5. The number of aromatic nitrogens is 2. The van der Waals surface area contributed by atoms with Crippen molar-refractivity contribution in [1.29, 1.82) is 0 Å². The zero-order chi connectivity index (χ0) is 24.1. The van der Waals surface area contributed by atoms with Crippen LogP contribution < -0.4 is 27.2 Å². The molecule has 0 saturated heterocycles. The van der Waals surface area contributed by atoms with Gasteiger partial charge in [0.15, 0.2) is 0 Å². The van der Waals surface area contributed by atoms with Gasteiger partial charge in [0.25, 0.3) is 5.91 Å². The normalized spacial score (nSPS) is 13.7. The maximum absolute atomic E-state index is 13.0. The summed E-state index contributed by atoms with van der Waals surface area (Å²) in [5.74, 6) is -2.18. The zero-order valence-electron chi connectivity index (χ0n) is 18.8. The van der Waals surface area contributed by atoms with Crippen LogP contribution in [0.3, 0.4) is 0 Å².